The molecule has 7 heteroatoms. The predicted molar refractivity (Wildman–Crippen MR) is 79.0 cm³/mol. The Balaban J connectivity index is 2.01. The Kier molecular flexibility index (Phi) is 3.57. The molecule has 3 aromatic rings. The van der Waals surface area contributed by atoms with Crippen LogP contribution in [0.1, 0.15) is 12.5 Å². The number of phenolic OH excluding ortho intramolecular Hbond substituents is 1. The maximum atomic E-state index is 13.4. The smallest absolute Gasteiger partial charge is 0.175 e. The summed E-state index contributed by atoms with van der Waals surface area (Å²) in [4.78, 5) is 4.12. The molecule has 1 N–H and O–H groups in total. The van der Waals surface area contributed by atoms with Crippen molar-refractivity contribution in [1.82, 2.24) is 9.36 Å². The van der Waals surface area contributed by atoms with Crippen LogP contribution in [0.2, 0.25) is 0 Å². The van der Waals surface area contributed by atoms with E-state index in [2.05, 4.69) is 19.6 Å². The summed E-state index contributed by atoms with van der Waals surface area (Å²) in [6.45, 7) is 1.90. The zero-order valence-corrected chi connectivity index (χ0v) is 11.9. The molecule has 0 fully saturated rings. The molecule has 1 aromatic carbocycles. The number of fused-ring (bicyclic) bond motifs is 1. The number of rotatable bonds is 3. The van der Waals surface area contributed by atoms with Crippen LogP contribution in [-0.4, -0.2) is 14.5 Å². The molecule has 0 amide bonds. The highest BCUT2D eigenvalue weighted by molar-refractivity contribution is 7.11. The molecule has 106 valence electrons. The highest BCUT2D eigenvalue weighted by atomic mass is 32.1. The van der Waals surface area contributed by atoms with Crippen LogP contribution in [0.25, 0.3) is 11.0 Å². The van der Waals surface area contributed by atoms with E-state index in [0.717, 1.165) is 10.9 Å². The number of aryl methyl sites for hydroxylation is 1. The second-order valence-electron chi connectivity index (χ2n) is 4.35. The van der Waals surface area contributed by atoms with Crippen molar-refractivity contribution < 1.29 is 9.50 Å². The van der Waals surface area contributed by atoms with Gasteiger partial charge in [0.15, 0.2) is 22.2 Å². The van der Waals surface area contributed by atoms with Gasteiger partial charge in [0, 0.05) is 12.3 Å². The summed E-state index contributed by atoms with van der Waals surface area (Å²) in [6.07, 6.45) is 2.28. The Morgan fingerprint density at radius 2 is 2.19 bits per heavy atom. The van der Waals surface area contributed by atoms with E-state index in [1.807, 2.05) is 13.0 Å². The van der Waals surface area contributed by atoms with E-state index in [4.69, 9.17) is 0 Å². The van der Waals surface area contributed by atoms with Crippen LogP contribution in [0, 0.1) is 5.82 Å². The number of benzene rings is 1. The first-order valence-corrected chi connectivity index (χ1v) is 7.10. The minimum atomic E-state index is -0.711. The second kappa shape index (κ2) is 5.53. The van der Waals surface area contributed by atoms with Gasteiger partial charge in [-0.3, -0.25) is 0 Å². The summed E-state index contributed by atoms with van der Waals surface area (Å²) in [5.41, 5.74) is 1.74. The van der Waals surface area contributed by atoms with Crippen LogP contribution in [-0.2, 0) is 6.42 Å². The Hall–Kier alpha value is -2.41. The average molecular weight is 302 g/mol. The molecule has 0 aliphatic heterocycles. The largest absolute Gasteiger partial charge is 0.505 e. The number of nitrogens with zero attached hydrogens (tertiary/aromatic N) is 4. The van der Waals surface area contributed by atoms with Gasteiger partial charge in [-0.1, -0.05) is 6.92 Å². The first-order valence-electron chi connectivity index (χ1n) is 6.32. The van der Waals surface area contributed by atoms with Crippen LogP contribution in [0.5, 0.6) is 5.75 Å². The third kappa shape index (κ3) is 2.59. The zero-order chi connectivity index (χ0) is 14.8. The van der Waals surface area contributed by atoms with Gasteiger partial charge in [0.25, 0.3) is 0 Å². The molecule has 0 saturated carbocycles. The molecular formula is C14H11FN4OS. The van der Waals surface area contributed by atoms with E-state index in [1.54, 1.807) is 12.3 Å². The van der Waals surface area contributed by atoms with Gasteiger partial charge in [0.05, 0.1) is 11.1 Å². The topological polar surface area (TPSA) is 70.7 Å². The third-order valence-electron chi connectivity index (χ3n) is 3.01. The second-order valence-corrected chi connectivity index (χ2v) is 5.10. The van der Waals surface area contributed by atoms with Gasteiger partial charge in [-0.05, 0) is 41.7 Å². The molecule has 21 heavy (non-hydrogen) atoms. The first kappa shape index (κ1) is 13.6. The highest BCUT2D eigenvalue weighted by Gasteiger charge is 2.09. The summed E-state index contributed by atoms with van der Waals surface area (Å²) in [5.74, 6) is -1.09. The molecular weight excluding hydrogens is 291 g/mol. The monoisotopic (exact) mass is 302 g/mol. The minimum absolute atomic E-state index is 0.377. The lowest BCUT2D eigenvalue weighted by Gasteiger charge is -2.03. The fourth-order valence-corrected chi connectivity index (χ4v) is 2.57. The van der Waals surface area contributed by atoms with Crippen molar-refractivity contribution >= 4 is 33.3 Å². The molecule has 0 radical (unpaired) electrons. The van der Waals surface area contributed by atoms with Gasteiger partial charge in [0.1, 0.15) is 0 Å². The molecule has 0 bridgehead atoms. The van der Waals surface area contributed by atoms with Crippen LogP contribution in [0.3, 0.4) is 0 Å². The number of hydrogen-bond acceptors (Lipinski definition) is 6. The summed E-state index contributed by atoms with van der Waals surface area (Å²) in [7, 11) is 0. The molecule has 0 atom stereocenters. The van der Waals surface area contributed by atoms with Crippen LogP contribution in [0.15, 0.2) is 40.7 Å². The lowest BCUT2D eigenvalue weighted by atomic mass is 10.1. The van der Waals surface area contributed by atoms with Crippen molar-refractivity contribution in [3.8, 4) is 5.75 Å². The molecule has 2 aromatic heterocycles. The van der Waals surface area contributed by atoms with Crippen molar-refractivity contribution in [2.24, 2.45) is 10.2 Å². The Morgan fingerprint density at radius 3 is 3.00 bits per heavy atom. The summed E-state index contributed by atoms with van der Waals surface area (Å²) < 4.78 is 17.6. The number of aromatic hydroxyl groups is 1. The van der Waals surface area contributed by atoms with Gasteiger partial charge in [0.2, 0.25) is 0 Å². The third-order valence-corrected chi connectivity index (χ3v) is 3.75. The SMILES string of the molecule is CCc1cc(O)c(F)cc1/N=N/c1snc2ncccc12. The highest BCUT2D eigenvalue weighted by Crippen LogP contribution is 2.33. The van der Waals surface area contributed by atoms with E-state index in [-0.39, 0.29) is 5.75 Å². The van der Waals surface area contributed by atoms with Gasteiger partial charge < -0.3 is 5.11 Å². The molecule has 0 aliphatic rings. The van der Waals surface area contributed by atoms with E-state index in [0.29, 0.717) is 22.8 Å². The number of halogens is 1. The van der Waals surface area contributed by atoms with Crippen molar-refractivity contribution in [3.05, 3.63) is 41.8 Å². The Morgan fingerprint density at radius 1 is 1.33 bits per heavy atom. The fraction of sp³-hybridized carbons (Fsp3) is 0.143. The van der Waals surface area contributed by atoms with Crippen LogP contribution < -0.4 is 0 Å². The summed E-state index contributed by atoms with van der Waals surface area (Å²) in [5, 5.41) is 19.0. The predicted octanol–water partition coefficient (Wildman–Crippen LogP) is 4.51. The number of hydrogen-bond donors (Lipinski definition) is 1. The first-order chi connectivity index (χ1) is 10.2. The Bertz CT molecular complexity index is 831. The van der Waals surface area contributed by atoms with Crippen molar-refractivity contribution in [2.75, 3.05) is 0 Å². The summed E-state index contributed by atoms with van der Waals surface area (Å²) >= 11 is 1.19. The average Bonchev–Trinajstić information content (AvgIpc) is 2.91. The maximum Gasteiger partial charge on any atom is 0.175 e. The van der Waals surface area contributed by atoms with Crippen LogP contribution >= 0.6 is 11.5 Å². The molecule has 3 rings (SSSR count). The number of azo groups is 1. The molecule has 2 heterocycles. The number of aromatic nitrogens is 2. The van der Waals surface area contributed by atoms with Crippen molar-refractivity contribution in [3.63, 3.8) is 0 Å². The van der Waals surface area contributed by atoms with E-state index in [9.17, 15) is 9.50 Å². The fourth-order valence-electron chi connectivity index (χ4n) is 1.91. The number of pyridine rings is 1. The molecule has 0 spiro atoms. The lowest BCUT2D eigenvalue weighted by molar-refractivity contribution is 0.432. The Labute approximate surface area is 124 Å². The zero-order valence-electron chi connectivity index (χ0n) is 11.1. The van der Waals surface area contributed by atoms with E-state index < -0.39 is 5.82 Å². The van der Waals surface area contributed by atoms with Crippen LogP contribution in [0.4, 0.5) is 15.1 Å². The standard InChI is InChI=1S/C14H11FN4OS/c1-2-8-6-12(20)10(15)7-11(8)17-18-14-9-4-3-5-16-13(9)19-21-14/h3-7,20H,2H2,1H3/b18-17+. The van der Waals surface area contributed by atoms with Crippen molar-refractivity contribution in [2.45, 2.75) is 13.3 Å². The van der Waals surface area contributed by atoms with Gasteiger partial charge >= 0.3 is 0 Å². The molecule has 0 unspecified atom stereocenters. The molecule has 0 saturated heterocycles. The van der Waals surface area contributed by atoms with E-state index in [1.165, 1.54) is 23.7 Å². The maximum absolute atomic E-state index is 13.4. The van der Waals surface area contributed by atoms with Gasteiger partial charge in [-0.15, -0.1) is 10.2 Å². The van der Waals surface area contributed by atoms with Gasteiger partial charge in [-0.2, -0.15) is 4.37 Å². The summed E-state index contributed by atoms with van der Waals surface area (Å²) in [6, 6.07) is 6.21. The molecule has 5 nitrogen and oxygen atoms in total. The molecule has 0 aliphatic carbocycles. The quantitative estimate of drug-likeness (QED) is 0.723. The lowest BCUT2D eigenvalue weighted by Crippen LogP contribution is -1.84. The van der Waals surface area contributed by atoms with Crippen molar-refractivity contribution in [1.29, 1.82) is 0 Å². The van der Waals surface area contributed by atoms with Gasteiger partial charge in [-0.25, -0.2) is 9.37 Å². The normalized spacial score (nSPS) is 11.5. The number of phenols is 1. The van der Waals surface area contributed by atoms with E-state index >= 15 is 0 Å². The minimum Gasteiger partial charge on any atom is -0.505 e.